The van der Waals surface area contributed by atoms with Gasteiger partial charge in [-0.3, -0.25) is 0 Å². The van der Waals surface area contributed by atoms with Gasteiger partial charge in [0.05, 0.1) is 0 Å². The summed E-state index contributed by atoms with van der Waals surface area (Å²) >= 11 is 0. The molecule has 1 saturated heterocycles. The maximum absolute atomic E-state index is 3.52. The number of nitrogens with one attached hydrogen (secondary N) is 1. The Labute approximate surface area is 101 Å². The lowest BCUT2D eigenvalue weighted by molar-refractivity contribution is 0.112. The van der Waals surface area contributed by atoms with Crippen molar-refractivity contribution in [3.8, 4) is 0 Å². The molecule has 1 N–H and O–H groups in total. The average Bonchev–Trinajstić information content (AvgIpc) is 2.72. The number of likely N-dealkylation sites (tertiary alicyclic amines) is 1. The molecule has 2 aliphatic rings. The van der Waals surface area contributed by atoms with Crippen LogP contribution in [0.15, 0.2) is 0 Å². The predicted molar refractivity (Wildman–Crippen MR) is 69.7 cm³/mol. The minimum atomic E-state index is 0.639. The summed E-state index contributed by atoms with van der Waals surface area (Å²) in [6, 6.07) is 1.59. The van der Waals surface area contributed by atoms with Gasteiger partial charge in [0.25, 0.3) is 0 Å². The smallest absolute Gasteiger partial charge is 0.0123 e. The number of nitrogens with zero attached hydrogens (tertiary/aromatic N) is 1. The van der Waals surface area contributed by atoms with E-state index in [0.717, 1.165) is 12.0 Å². The summed E-state index contributed by atoms with van der Waals surface area (Å²) < 4.78 is 0. The Balaban J connectivity index is 1.68. The van der Waals surface area contributed by atoms with Crippen molar-refractivity contribution in [2.45, 2.75) is 64.5 Å². The zero-order valence-electron chi connectivity index (χ0n) is 11.0. The fourth-order valence-corrected chi connectivity index (χ4v) is 3.51. The largest absolute Gasteiger partial charge is 0.314 e. The molecule has 16 heavy (non-hydrogen) atoms. The van der Waals surface area contributed by atoms with E-state index in [1.165, 1.54) is 58.2 Å². The number of hydrogen-bond donors (Lipinski definition) is 1. The van der Waals surface area contributed by atoms with Gasteiger partial charge in [-0.2, -0.15) is 0 Å². The van der Waals surface area contributed by atoms with Gasteiger partial charge in [-0.05, 0) is 57.7 Å². The highest BCUT2D eigenvalue weighted by Crippen LogP contribution is 2.36. The molecule has 2 rings (SSSR count). The first kappa shape index (κ1) is 12.4. The van der Waals surface area contributed by atoms with E-state index in [2.05, 4.69) is 24.1 Å². The zero-order valence-corrected chi connectivity index (χ0v) is 11.0. The number of piperidine rings is 1. The van der Waals surface area contributed by atoms with E-state index < -0.39 is 0 Å². The van der Waals surface area contributed by atoms with Crippen LogP contribution in [-0.4, -0.2) is 36.6 Å². The SMILES string of the molecule is CC(C)NCCCN1CCCC2CCCC21. The lowest BCUT2D eigenvalue weighted by Gasteiger charge is -2.37. The van der Waals surface area contributed by atoms with Gasteiger partial charge in [0.1, 0.15) is 0 Å². The van der Waals surface area contributed by atoms with Crippen LogP contribution < -0.4 is 5.32 Å². The van der Waals surface area contributed by atoms with Gasteiger partial charge in [-0.1, -0.05) is 20.3 Å². The zero-order chi connectivity index (χ0) is 11.4. The Hall–Kier alpha value is -0.0800. The first-order chi connectivity index (χ1) is 7.77. The summed E-state index contributed by atoms with van der Waals surface area (Å²) in [6.45, 7) is 8.33. The molecule has 1 aliphatic carbocycles. The van der Waals surface area contributed by atoms with E-state index in [1.54, 1.807) is 0 Å². The molecule has 0 bridgehead atoms. The second-order valence-electron chi connectivity index (χ2n) is 5.90. The molecule has 1 saturated carbocycles. The Morgan fingerprint density at radius 1 is 1.19 bits per heavy atom. The fourth-order valence-electron chi connectivity index (χ4n) is 3.51. The third kappa shape index (κ3) is 3.21. The Bertz CT molecular complexity index is 203. The predicted octanol–water partition coefficient (Wildman–Crippen LogP) is 2.64. The number of rotatable bonds is 5. The van der Waals surface area contributed by atoms with Crippen molar-refractivity contribution in [2.24, 2.45) is 5.92 Å². The van der Waals surface area contributed by atoms with E-state index in [4.69, 9.17) is 0 Å². The molecular weight excluding hydrogens is 196 g/mol. The number of fused-ring (bicyclic) bond motifs is 1. The van der Waals surface area contributed by atoms with Crippen molar-refractivity contribution < 1.29 is 0 Å². The first-order valence-electron chi connectivity index (χ1n) is 7.25. The van der Waals surface area contributed by atoms with Crippen LogP contribution in [0.25, 0.3) is 0 Å². The normalized spacial score (nSPS) is 30.9. The standard InChI is InChI=1S/C14H28N2/c1-12(2)15-9-5-11-16-10-4-7-13-6-3-8-14(13)16/h12-15H,3-11H2,1-2H3. The van der Waals surface area contributed by atoms with Gasteiger partial charge in [0.15, 0.2) is 0 Å². The first-order valence-corrected chi connectivity index (χ1v) is 7.25. The van der Waals surface area contributed by atoms with Crippen molar-refractivity contribution in [1.82, 2.24) is 10.2 Å². The third-order valence-corrected chi connectivity index (χ3v) is 4.28. The van der Waals surface area contributed by atoms with E-state index in [9.17, 15) is 0 Å². The molecule has 0 amide bonds. The van der Waals surface area contributed by atoms with Crippen molar-refractivity contribution in [1.29, 1.82) is 0 Å². The van der Waals surface area contributed by atoms with Crippen LogP contribution in [0, 0.1) is 5.92 Å². The Kier molecular flexibility index (Phi) is 4.66. The van der Waals surface area contributed by atoms with Crippen molar-refractivity contribution >= 4 is 0 Å². The maximum Gasteiger partial charge on any atom is 0.0123 e. The highest BCUT2D eigenvalue weighted by molar-refractivity contribution is 4.88. The Morgan fingerprint density at radius 3 is 2.81 bits per heavy atom. The molecule has 0 aromatic heterocycles. The second-order valence-corrected chi connectivity index (χ2v) is 5.90. The van der Waals surface area contributed by atoms with Crippen LogP contribution in [-0.2, 0) is 0 Å². The topological polar surface area (TPSA) is 15.3 Å². The van der Waals surface area contributed by atoms with Crippen molar-refractivity contribution in [2.75, 3.05) is 19.6 Å². The molecule has 2 atom stereocenters. The second kappa shape index (κ2) is 6.02. The van der Waals surface area contributed by atoms with Crippen molar-refractivity contribution in [3.63, 3.8) is 0 Å². The van der Waals surface area contributed by atoms with Crippen LogP contribution in [0.1, 0.15) is 52.4 Å². The minimum absolute atomic E-state index is 0.639. The highest BCUT2D eigenvalue weighted by atomic mass is 15.2. The molecule has 1 heterocycles. The lowest BCUT2D eigenvalue weighted by Crippen LogP contribution is -2.43. The van der Waals surface area contributed by atoms with Crippen LogP contribution in [0.3, 0.4) is 0 Å². The summed E-state index contributed by atoms with van der Waals surface area (Å²) in [4.78, 5) is 2.78. The quantitative estimate of drug-likeness (QED) is 0.722. The average molecular weight is 224 g/mol. The summed E-state index contributed by atoms with van der Waals surface area (Å²) in [5, 5.41) is 3.52. The highest BCUT2D eigenvalue weighted by Gasteiger charge is 2.34. The van der Waals surface area contributed by atoms with E-state index in [0.29, 0.717) is 6.04 Å². The van der Waals surface area contributed by atoms with Crippen molar-refractivity contribution in [3.05, 3.63) is 0 Å². The summed E-state index contributed by atoms with van der Waals surface area (Å²) in [5.74, 6) is 1.05. The van der Waals surface area contributed by atoms with Crippen LogP contribution in [0.2, 0.25) is 0 Å². The third-order valence-electron chi connectivity index (χ3n) is 4.28. The molecule has 2 heteroatoms. The molecule has 2 fully saturated rings. The lowest BCUT2D eigenvalue weighted by atomic mass is 9.92. The van der Waals surface area contributed by atoms with Gasteiger partial charge < -0.3 is 10.2 Å². The Morgan fingerprint density at radius 2 is 2.00 bits per heavy atom. The molecule has 0 spiro atoms. The number of hydrogen-bond acceptors (Lipinski definition) is 2. The van der Waals surface area contributed by atoms with Gasteiger partial charge in [-0.15, -0.1) is 0 Å². The van der Waals surface area contributed by atoms with Gasteiger partial charge in [0.2, 0.25) is 0 Å². The molecular formula is C14H28N2. The van der Waals surface area contributed by atoms with E-state index in [-0.39, 0.29) is 0 Å². The van der Waals surface area contributed by atoms with Gasteiger partial charge in [0, 0.05) is 12.1 Å². The summed E-state index contributed by atoms with van der Waals surface area (Å²) in [7, 11) is 0. The maximum atomic E-state index is 3.52. The van der Waals surface area contributed by atoms with E-state index in [1.807, 2.05) is 0 Å². The molecule has 0 aromatic rings. The molecule has 94 valence electrons. The van der Waals surface area contributed by atoms with Crippen LogP contribution >= 0.6 is 0 Å². The molecule has 1 aliphatic heterocycles. The molecule has 2 nitrogen and oxygen atoms in total. The molecule has 2 unspecified atom stereocenters. The summed E-state index contributed by atoms with van der Waals surface area (Å²) in [6.07, 6.45) is 8.73. The summed E-state index contributed by atoms with van der Waals surface area (Å²) in [5.41, 5.74) is 0. The molecule has 0 radical (unpaired) electrons. The monoisotopic (exact) mass is 224 g/mol. The van der Waals surface area contributed by atoms with E-state index >= 15 is 0 Å². The van der Waals surface area contributed by atoms with Crippen LogP contribution in [0.4, 0.5) is 0 Å². The minimum Gasteiger partial charge on any atom is -0.314 e. The van der Waals surface area contributed by atoms with Gasteiger partial charge >= 0.3 is 0 Å². The van der Waals surface area contributed by atoms with Gasteiger partial charge in [-0.25, -0.2) is 0 Å². The van der Waals surface area contributed by atoms with Crippen LogP contribution in [0.5, 0.6) is 0 Å². The molecule has 0 aromatic carbocycles. The fraction of sp³-hybridized carbons (Fsp3) is 1.00.